The van der Waals surface area contributed by atoms with Crippen LogP contribution in [0.2, 0.25) is 0 Å². The molecule has 0 radical (unpaired) electrons. The van der Waals surface area contributed by atoms with E-state index in [2.05, 4.69) is 71.1 Å². The lowest BCUT2D eigenvalue weighted by molar-refractivity contribution is 0.574. The average molecular weight is 251 g/mol. The van der Waals surface area contributed by atoms with Crippen molar-refractivity contribution in [3.8, 4) is 0 Å². The number of rotatable bonds is 3. The van der Waals surface area contributed by atoms with E-state index < -0.39 is 0 Å². The van der Waals surface area contributed by atoms with Crippen LogP contribution in [0.1, 0.15) is 31.3 Å². The third-order valence-electron chi connectivity index (χ3n) is 3.38. The van der Waals surface area contributed by atoms with Crippen LogP contribution in [0.3, 0.4) is 0 Å². The van der Waals surface area contributed by atoms with Crippen molar-refractivity contribution in [2.24, 2.45) is 0 Å². The van der Waals surface area contributed by atoms with Crippen LogP contribution in [0.25, 0.3) is 10.8 Å². The Morgan fingerprint density at radius 1 is 1.05 bits per heavy atom. The van der Waals surface area contributed by atoms with Crippen LogP contribution in [-0.2, 0) is 6.42 Å². The summed E-state index contributed by atoms with van der Waals surface area (Å²) in [5.74, 6) is 1.02. The molecular formula is C16H17N3. The van der Waals surface area contributed by atoms with Gasteiger partial charge in [-0.05, 0) is 30.2 Å². The molecule has 96 valence electrons. The zero-order chi connectivity index (χ0) is 13.2. The van der Waals surface area contributed by atoms with E-state index in [1.807, 2.05) is 0 Å². The summed E-state index contributed by atoms with van der Waals surface area (Å²) in [7, 11) is 0. The minimum absolute atomic E-state index is 0.394. The zero-order valence-corrected chi connectivity index (χ0v) is 11.2. The molecule has 0 saturated heterocycles. The summed E-state index contributed by atoms with van der Waals surface area (Å²) in [5.41, 5.74) is 1.27. The van der Waals surface area contributed by atoms with Gasteiger partial charge < -0.3 is 4.57 Å². The third kappa shape index (κ3) is 2.36. The molecule has 2 aromatic carbocycles. The summed E-state index contributed by atoms with van der Waals surface area (Å²) in [6, 6.07) is 15.4. The van der Waals surface area contributed by atoms with Crippen molar-refractivity contribution in [2.75, 3.05) is 0 Å². The van der Waals surface area contributed by atoms with E-state index >= 15 is 0 Å². The number of hydrogen-bond donors (Lipinski definition) is 0. The van der Waals surface area contributed by atoms with Crippen molar-refractivity contribution in [3.05, 3.63) is 60.2 Å². The quantitative estimate of drug-likeness (QED) is 0.712. The maximum Gasteiger partial charge on any atom is 0.137 e. The fourth-order valence-electron chi connectivity index (χ4n) is 2.36. The minimum atomic E-state index is 0.394. The summed E-state index contributed by atoms with van der Waals surface area (Å²) in [6.45, 7) is 4.29. The van der Waals surface area contributed by atoms with Gasteiger partial charge in [0.05, 0.1) is 0 Å². The lowest BCUT2D eigenvalue weighted by atomic mass is 10.0. The summed E-state index contributed by atoms with van der Waals surface area (Å²) >= 11 is 0. The van der Waals surface area contributed by atoms with Crippen LogP contribution in [0, 0.1) is 0 Å². The van der Waals surface area contributed by atoms with Crippen molar-refractivity contribution in [1.29, 1.82) is 0 Å². The Kier molecular flexibility index (Phi) is 3.03. The molecule has 0 aliphatic heterocycles. The molecule has 3 nitrogen and oxygen atoms in total. The predicted octanol–water partition coefficient (Wildman–Crippen LogP) is 3.60. The van der Waals surface area contributed by atoms with Crippen molar-refractivity contribution >= 4 is 10.8 Å². The summed E-state index contributed by atoms with van der Waals surface area (Å²) in [6.07, 6.45) is 2.63. The average Bonchev–Trinajstić information content (AvgIpc) is 2.87. The first-order valence-electron chi connectivity index (χ1n) is 6.60. The largest absolute Gasteiger partial charge is 0.315 e. The Balaban J connectivity index is 1.94. The first-order valence-corrected chi connectivity index (χ1v) is 6.60. The molecule has 1 heterocycles. The molecule has 19 heavy (non-hydrogen) atoms. The fourth-order valence-corrected chi connectivity index (χ4v) is 2.36. The number of aromatic nitrogens is 3. The summed E-state index contributed by atoms with van der Waals surface area (Å²) < 4.78 is 2.12. The van der Waals surface area contributed by atoms with Gasteiger partial charge in [-0.1, -0.05) is 42.5 Å². The molecule has 0 atom stereocenters. The highest BCUT2D eigenvalue weighted by Gasteiger charge is 2.08. The maximum absolute atomic E-state index is 4.23. The van der Waals surface area contributed by atoms with Crippen LogP contribution >= 0.6 is 0 Å². The van der Waals surface area contributed by atoms with Gasteiger partial charge in [0, 0.05) is 12.5 Å². The van der Waals surface area contributed by atoms with Crippen molar-refractivity contribution in [1.82, 2.24) is 14.8 Å². The molecule has 0 spiro atoms. The normalized spacial score (nSPS) is 11.3. The smallest absolute Gasteiger partial charge is 0.137 e. The Labute approximate surface area is 112 Å². The van der Waals surface area contributed by atoms with Crippen LogP contribution in [0.15, 0.2) is 48.8 Å². The number of fused-ring (bicyclic) bond motifs is 1. The topological polar surface area (TPSA) is 30.7 Å². The van der Waals surface area contributed by atoms with Crippen molar-refractivity contribution < 1.29 is 0 Å². The highest BCUT2D eigenvalue weighted by atomic mass is 15.3. The molecule has 3 aromatic rings. The van der Waals surface area contributed by atoms with Gasteiger partial charge in [-0.15, -0.1) is 10.2 Å². The lowest BCUT2D eigenvalue weighted by Crippen LogP contribution is -2.05. The van der Waals surface area contributed by atoms with Crippen molar-refractivity contribution in [3.63, 3.8) is 0 Å². The highest BCUT2D eigenvalue weighted by Crippen LogP contribution is 2.18. The van der Waals surface area contributed by atoms with E-state index in [4.69, 9.17) is 0 Å². The van der Waals surface area contributed by atoms with Crippen LogP contribution in [0.4, 0.5) is 0 Å². The monoisotopic (exact) mass is 251 g/mol. The molecule has 0 unspecified atom stereocenters. The second kappa shape index (κ2) is 4.84. The zero-order valence-electron chi connectivity index (χ0n) is 11.2. The first-order chi connectivity index (χ1) is 9.24. The minimum Gasteiger partial charge on any atom is -0.315 e. The van der Waals surface area contributed by atoms with Crippen LogP contribution in [0.5, 0.6) is 0 Å². The van der Waals surface area contributed by atoms with Crippen LogP contribution in [-0.4, -0.2) is 14.8 Å². The van der Waals surface area contributed by atoms with Gasteiger partial charge in [-0.25, -0.2) is 0 Å². The molecule has 0 N–H and O–H groups in total. The molecule has 0 saturated carbocycles. The van der Waals surface area contributed by atoms with Gasteiger partial charge in [-0.3, -0.25) is 0 Å². The van der Waals surface area contributed by atoms with Gasteiger partial charge in [0.25, 0.3) is 0 Å². The number of nitrogens with zero attached hydrogens (tertiary/aromatic N) is 3. The number of hydrogen-bond acceptors (Lipinski definition) is 2. The van der Waals surface area contributed by atoms with Gasteiger partial charge >= 0.3 is 0 Å². The second-order valence-electron chi connectivity index (χ2n) is 5.11. The number of benzene rings is 2. The summed E-state index contributed by atoms with van der Waals surface area (Å²) in [5, 5.41) is 10.8. The molecule has 0 amide bonds. The highest BCUT2D eigenvalue weighted by molar-refractivity contribution is 5.83. The Hall–Kier alpha value is -2.16. The fraction of sp³-hybridized carbons (Fsp3) is 0.250. The molecule has 0 bridgehead atoms. The van der Waals surface area contributed by atoms with E-state index in [-0.39, 0.29) is 0 Å². The lowest BCUT2D eigenvalue weighted by Gasteiger charge is -2.10. The van der Waals surface area contributed by atoms with Crippen molar-refractivity contribution in [2.45, 2.75) is 26.3 Å². The molecule has 0 fully saturated rings. The SMILES string of the molecule is CC(C)n1cnnc1Cc1ccc2ccccc2c1. The molecule has 3 heteroatoms. The molecule has 3 rings (SSSR count). The second-order valence-corrected chi connectivity index (χ2v) is 5.11. The van der Waals surface area contributed by atoms with Gasteiger partial charge in [-0.2, -0.15) is 0 Å². The standard InChI is InChI=1S/C16H17N3/c1-12(2)19-11-17-18-16(19)10-13-7-8-14-5-3-4-6-15(14)9-13/h3-9,11-12H,10H2,1-2H3. The molecule has 0 aliphatic carbocycles. The van der Waals surface area contributed by atoms with Gasteiger partial charge in [0.2, 0.25) is 0 Å². The van der Waals surface area contributed by atoms with E-state index in [0.29, 0.717) is 6.04 Å². The predicted molar refractivity (Wildman–Crippen MR) is 77.2 cm³/mol. The van der Waals surface area contributed by atoms with E-state index in [0.717, 1.165) is 12.2 Å². The van der Waals surface area contributed by atoms with Gasteiger partial charge in [0.15, 0.2) is 0 Å². The van der Waals surface area contributed by atoms with Crippen LogP contribution < -0.4 is 0 Å². The molecule has 0 aliphatic rings. The third-order valence-corrected chi connectivity index (χ3v) is 3.38. The van der Waals surface area contributed by atoms with Gasteiger partial charge in [0.1, 0.15) is 12.2 Å². The first kappa shape index (κ1) is 11.9. The summed E-state index contributed by atoms with van der Waals surface area (Å²) in [4.78, 5) is 0. The Morgan fingerprint density at radius 3 is 2.63 bits per heavy atom. The molecule has 1 aromatic heterocycles. The maximum atomic E-state index is 4.23. The van der Waals surface area contributed by atoms with E-state index in [1.165, 1.54) is 16.3 Å². The van der Waals surface area contributed by atoms with E-state index in [9.17, 15) is 0 Å². The Morgan fingerprint density at radius 2 is 1.84 bits per heavy atom. The molecular weight excluding hydrogens is 234 g/mol. The Bertz CT molecular complexity index is 698. The van der Waals surface area contributed by atoms with E-state index in [1.54, 1.807) is 6.33 Å².